The maximum atomic E-state index is 12.5. The molecule has 0 bridgehead atoms. The van der Waals surface area contributed by atoms with Crippen LogP contribution in [0.5, 0.6) is 0 Å². The zero-order valence-electron chi connectivity index (χ0n) is 11.7. The number of primary amides is 1. The van der Waals surface area contributed by atoms with Crippen molar-refractivity contribution in [2.75, 3.05) is 18.1 Å². The average Bonchev–Trinajstić information content (AvgIpc) is 2.42. The number of hydrogen-bond acceptors (Lipinski definition) is 4. The average molecular weight is 303 g/mol. The smallest absolute Gasteiger partial charge is 0.327 e. The molecule has 3 unspecified atom stereocenters. The second-order valence-corrected chi connectivity index (χ2v) is 5.98. The molecule has 3 amide bonds. The van der Waals surface area contributed by atoms with Crippen molar-refractivity contribution in [2.45, 2.75) is 32.4 Å². The first-order chi connectivity index (χ1) is 9.38. The SMILES string of the molecule is CCC(C)C(NC(N)=O)C(=O)N1CCSCC1C(=O)O. The minimum atomic E-state index is -1.02. The van der Waals surface area contributed by atoms with Gasteiger partial charge in [-0.3, -0.25) is 4.79 Å². The number of amides is 3. The fourth-order valence-electron chi connectivity index (χ4n) is 2.09. The Labute approximate surface area is 122 Å². The van der Waals surface area contributed by atoms with Gasteiger partial charge in [0.1, 0.15) is 12.1 Å². The highest BCUT2D eigenvalue weighted by Crippen LogP contribution is 2.20. The Kier molecular flexibility index (Phi) is 6.12. The lowest BCUT2D eigenvalue weighted by atomic mass is 9.97. The van der Waals surface area contributed by atoms with Crippen molar-refractivity contribution >= 4 is 29.7 Å². The lowest BCUT2D eigenvalue weighted by Crippen LogP contribution is -2.59. The lowest BCUT2D eigenvalue weighted by molar-refractivity contribution is -0.150. The first-order valence-corrected chi connectivity index (χ1v) is 7.71. The molecule has 1 aliphatic heterocycles. The van der Waals surface area contributed by atoms with Gasteiger partial charge in [-0.05, 0) is 5.92 Å². The van der Waals surface area contributed by atoms with Gasteiger partial charge in [-0.2, -0.15) is 11.8 Å². The number of aliphatic carboxylic acids is 1. The van der Waals surface area contributed by atoms with Gasteiger partial charge in [-0.1, -0.05) is 20.3 Å². The second kappa shape index (κ2) is 7.37. The van der Waals surface area contributed by atoms with E-state index in [1.165, 1.54) is 16.7 Å². The van der Waals surface area contributed by atoms with Gasteiger partial charge in [0, 0.05) is 18.1 Å². The monoisotopic (exact) mass is 303 g/mol. The van der Waals surface area contributed by atoms with Crippen molar-refractivity contribution in [3.63, 3.8) is 0 Å². The molecular formula is C12H21N3O4S. The van der Waals surface area contributed by atoms with Crippen molar-refractivity contribution in [3.05, 3.63) is 0 Å². The van der Waals surface area contributed by atoms with Crippen molar-refractivity contribution in [3.8, 4) is 0 Å². The molecule has 114 valence electrons. The first kappa shape index (κ1) is 16.6. The highest BCUT2D eigenvalue weighted by Gasteiger charge is 2.37. The summed E-state index contributed by atoms with van der Waals surface area (Å²) in [5.41, 5.74) is 5.11. The molecule has 1 rings (SSSR count). The second-order valence-electron chi connectivity index (χ2n) is 4.83. The van der Waals surface area contributed by atoms with E-state index in [2.05, 4.69) is 5.32 Å². The minimum Gasteiger partial charge on any atom is -0.480 e. The van der Waals surface area contributed by atoms with Crippen LogP contribution in [0.4, 0.5) is 4.79 Å². The number of rotatable bonds is 5. The largest absolute Gasteiger partial charge is 0.480 e. The van der Waals surface area contributed by atoms with Crippen LogP contribution in [0.3, 0.4) is 0 Å². The quantitative estimate of drug-likeness (QED) is 0.666. The number of carbonyl (C=O) groups is 3. The third-order valence-electron chi connectivity index (χ3n) is 3.47. The molecule has 0 saturated carbocycles. The Morgan fingerprint density at radius 3 is 2.65 bits per heavy atom. The number of thioether (sulfide) groups is 1. The van der Waals surface area contributed by atoms with Gasteiger partial charge in [0.2, 0.25) is 5.91 Å². The summed E-state index contributed by atoms with van der Waals surface area (Å²) in [6, 6.07) is -2.40. The molecule has 0 aliphatic carbocycles. The predicted molar refractivity (Wildman–Crippen MR) is 76.4 cm³/mol. The van der Waals surface area contributed by atoms with Crippen LogP contribution in [0.1, 0.15) is 20.3 Å². The fraction of sp³-hybridized carbons (Fsp3) is 0.750. The fourth-order valence-corrected chi connectivity index (χ4v) is 3.13. The molecule has 0 aromatic carbocycles. The van der Waals surface area contributed by atoms with E-state index < -0.39 is 24.1 Å². The number of hydrogen-bond donors (Lipinski definition) is 3. The first-order valence-electron chi connectivity index (χ1n) is 6.55. The molecule has 0 radical (unpaired) electrons. The standard InChI is InChI=1S/C12H21N3O4S/c1-3-7(2)9(14-12(13)19)10(16)15-4-5-20-6-8(15)11(17)18/h7-9H,3-6H2,1-2H3,(H,17,18)(H3,13,14,19). The topological polar surface area (TPSA) is 113 Å². The Bertz CT molecular complexity index is 387. The van der Waals surface area contributed by atoms with Gasteiger partial charge in [-0.25, -0.2) is 9.59 Å². The summed E-state index contributed by atoms with van der Waals surface area (Å²) in [6.45, 7) is 4.09. The van der Waals surface area contributed by atoms with E-state index in [4.69, 9.17) is 5.73 Å². The lowest BCUT2D eigenvalue weighted by Gasteiger charge is -2.36. The molecule has 4 N–H and O–H groups in total. The summed E-state index contributed by atoms with van der Waals surface area (Å²) in [5, 5.41) is 11.6. The highest BCUT2D eigenvalue weighted by molar-refractivity contribution is 7.99. The zero-order valence-corrected chi connectivity index (χ0v) is 12.5. The van der Waals surface area contributed by atoms with E-state index in [-0.39, 0.29) is 11.8 Å². The van der Waals surface area contributed by atoms with E-state index in [0.29, 0.717) is 24.5 Å². The van der Waals surface area contributed by atoms with Crippen molar-refractivity contribution < 1.29 is 19.5 Å². The van der Waals surface area contributed by atoms with Crippen LogP contribution in [0.15, 0.2) is 0 Å². The van der Waals surface area contributed by atoms with Gasteiger partial charge in [0.25, 0.3) is 0 Å². The third-order valence-corrected chi connectivity index (χ3v) is 4.50. The summed E-state index contributed by atoms with van der Waals surface area (Å²) < 4.78 is 0. The molecule has 0 aromatic heterocycles. The molecule has 1 saturated heterocycles. The van der Waals surface area contributed by atoms with Crippen molar-refractivity contribution in [1.82, 2.24) is 10.2 Å². The van der Waals surface area contributed by atoms with Crippen molar-refractivity contribution in [2.24, 2.45) is 11.7 Å². The molecule has 1 aliphatic rings. The maximum absolute atomic E-state index is 12.5. The van der Waals surface area contributed by atoms with Crippen LogP contribution >= 0.6 is 11.8 Å². The van der Waals surface area contributed by atoms with E-state index in [1.54, 1.807) is 0 Å². The van der Waals surface area contributed by atoms with Gasteiger partial charge in [-0.15, -0.1) is 0 Å². The van der Waals surface area contributed by atoms with Gasteiger partial charge < -0.3 is 21.1 Å². The summed E-state index contributed by atoms with van der Waals surface area (Å²) >= 11 is 1.51. The van der Waals surface area contributed by atoms with E-state index in [0.717, 1.165) is 0 Å². The molecule has 1 heterocycles. The molecule has 0 spiro atoms. The Hall–Kier alpha value is -1.44. The van der Waals surface area contributed by atoms with E-state index >= 15 is 0 Å². The summed E-state index contributed by atoms with van der Waals surface area (Å²) in [4.78, 5) is 36.2. The van der Waals surface area contributed by atoms with E-state index in [9.17, 15) is 19.5 Å². The Morgan fingerprint density at radius 2 is 2.15 bits per heavy atom. The molecule has 3 atom stereocenters. The number of carboxylic acids is 1. The zero-order chi connectivity index (χ0) is 15.3. The molecule has 1 fully saturated rings. The molecule has 8 heteroatoms. The van der Waals surface area contributed by atoms with Crippen LogP contribution in [-0.4, -0.2) is 58.0 Å². The maximum Gasteiger partial charge on any atom is 0.327 e. The third kappa shape index (κ3) is 4.03. The van der Waals surface area contributed by atoms with Crippen LogP contribution in [0, 0.1) is 5.92 Å². The molecule has 7 nitrogen and oxygen atoms in total. The predicted octanol–water partition coefficient (Wildman–Crippen LogP) is 0.0980. The van der Waals surface area contributed by atoms with Gasteiger partial charge in [0.15, 0.2) is 0 Å². The highest BCUT2D eigenvalue weighted by atomic mass is 32.2. The van der Waals surface area contributed by atoms with Gasteiger partial charge in [0.05, 0.1) is 0 Å². The molecular weight excluding hydrogens is 282 g/mol. The number of urea groups is 1. The van der Waals surface area contributed by atoms with Crippen LogP contribution in [0.2, 0.25) is 0 Å². The Morgan fingerprint density at radius 1 is 1.50 bits per heavy atom. The number of nitrogens with two attached hydrogens (primary N) is 1. The summed E-state index contributed by atoms with van der Waals surface area (Å²) in [7, 11) is 0. The molecule has 0 aromatic rings. The normalized spacial score (nSPS) is 21.9. The van der Waals surface area contributed by atoms with E-state index in [1.807, 2.05) is 13.8 Å². The minimum absolute atomic E-state index is 0.112. The summed E-state index contributed by atoms with van der Waals surface area (Å²) in [6.07, 6.45) is 0.678. The van der Waals surface area contributed by atoms with Crippen LogP contribution in [0.25, 0.3) is 0 Å². The van der Waals surface area contributed by atoms with Gasteiger partial charge >= 0.3 is 12.0 Å². The number of nitrogens with zero attached hydrogens (tertiary/aromatic N) is 1. The number of nitrogens with one attached hydrogen (secondary N) is 1. The number of carboxylic acid groups (broad SMARTS) is 1. The summed E-state index contributed by atoms with van der Waals surface area (Å²) in [5.74, 6) is -0.443. The van der Waals surface area contributed by atoms with Crippen LogP contribution < -0.4 is 11.1 Å². The van der Waals surface area contributed by atoms with Crippen LogP contribution in [-0.2, 0) is 9.59 Å². The van der Waals surface area contributed by atoms with Crippen molar-refractivity contribution in [1.29, 1.82) is 0 Å². The molecule has 20 heavy (non-hydrogen) atoms. The number of carbonyl (C=O) groups excluding carboxylic acids is 2. The Balaban J connectivity index is 2.90.